The Hall–Kier alpha value is -1.42. The van der Waals surface area contributed by atoms with E-state index in [2.05, 4.69) is 16.3 Å². The standard InChI is InChI=1S/C18H25N3O2S/c1-12(21-9-7-13(22)8-10-21)17(23)20-18-15(11-19)14-5-3-2-4-6-16(14)24-18/h12-13,22H,2-10H2,1H3,(H,20,23)/t12-/m0/s1. The fraction of sp³-hybridized carbons (Fsp3) is 0.667. The lowest BCUT2D eigenvalue weighted by molar-refractivity contribution is -0.121. The Morgan fingerprint density at radius 3 is 2.75 bits per heavy atom. The summed E-state index contributed by atoms with van der Waals surface area (Å²) in [6, 6.07) is 2.07. The number of aliphatic hydroxyl groups is 1. The number of amides is 1. The Bertz CT molecular complexity index is 641. The summed E-state index contributed by atoms with van der Waals surface area (Å²) >= 11 is 1.58. The number of likely N-dealkylation sites (tertiary alicyclic amines) is 1. The minimum Gasteiger partial charge on any atom is -0.393 e. The van der Waals surface area contributed by atoms with Crippen molar-refractivity contribution in [3.05, 3.63) is 16.0 Å². The molecule has 1 amide bonds. The number of carbonyl (C=O) groups excluding carboxylic acids is 1. The van der Waals surface area contributed by atoms with Crippen LogP contribution in [-0.2, 0) is 17.6 Å². The average molecular weight is 347 g/mol. The molecule has 130 valence electrons. The molecule has 2 heterocycles. The molecule has 1 aliphatic carbocycles. The van der Waals surface area contributed by atoms with Gasteiger partial charge in [-0.1, -0.05) is 6.42 Å². The van der Waals surface area contributed by atoms with Gasteiger partial charge in [0.25, 0.3) is 0 Å². The van der Waals surface area contributed by atoms with E-state index in [4.69, 9.17) is 0 Å². The van der Waals surface area contributed by atoms with Gasteiger partial charge in [0.2, 0.25) is 5.91 Å². The lowest BCUT2D eigenvalue weighted by atomic mass is 10.1. The molecular weight excluding hydrogens is 322 g/mol. The molecule has 1 aromatic rings. The zero-order valence-corrected chi connectivity index (χ0v) is 15.0. The summed E-state index contributed by atoms with van der Waals surface area (Å²) in [4.78, 5) is 16.0. The minimum absolute atomic E-state index is 0.0562. The van der Waals surface area contributed by atoms with Crippen molar-refractivity contribution in [3.63, 3.8) is 0 Å². The summed E-state index contributed by atoms with van der Waals surface area (Å²) in [5, 5.41) is 22.9. The van der Waals surface area contributed by atoms with Gasteiger partial charge in [-0.2, -0.15) is 5.26 Å². The van der Waals surface area contributed by atoms with Crippen molar-refractivity contribution in [2.75, 3.05) is 18.4 Å². The minimum atomic E-state index is -0.244. The Balaban J connectivity index is 1.71. The second kappa shape index (κ2) is 7.64. The van der Waals surface area contributed by atoms with E-state index in [-0.39, 0.29) is 18.1 Å². The molecule has 1 atom stereocenters. The van der Waals surface area contributed by atoms with Crippen LogP contribution >= 0.6 is 11.3 Å². The summed E-state index contributed by atoms with van der Waals surface area (Å²) < 4.78 is 0. The van der Waals surface area contributed by atoms with Crippen molar-refractivity contribution in [2.45, 2.75) is 64.0 Å². The normalized spacial score (nSPS) is 20.7. The van der Waals surface area contributed by atoms with E-state index in [1.807, 2.05) is 6.92 Å². The van der Waals surface area contributed by atoms with E-state index >= 15 is 0 Å². The highest BCUT2D eigenvalue weighted by Gasteiger charge is 2.27. The number of rotatable bonds is 3. The van der Waals surface area contributed by atoms with Crippen LogP contribution in [0.4, 0.5) is 5.00 Å². The number of piperidine rings is 1. The molecule has 1 aromatic heterocycles. The molecule has 0 bridgehead atoms. The van der Waals surface area contributed by atoms with Gasteiger partial charge in [0, 0.05) is 18.0 Å². The zero-order chi connectivity index (χ0) is 17.1. The molecule has 2 aliphatic rings. The van der Waals surface area contributed by atoms with Crippen LogP contribution in [0.15, 0.2) is 0 Å². The Labute approximate surface area is 147 Å². The van der Waals surface area contributed by atoms with Crippen molar-refractivity contribution in [1.29, 1.82) is 5.26 Å². The Kier molecular flexibility index (Phi) is 5.54. The number of anilines is 1. The molecule has 24 heavy (non-hydrogen) atoms. The smallest absolute Gasteiger partial charge is 0.242 e. The largest absolute Gasteiger partial charge is 0.393 e. The summed E-state index contributed by atoms with van der Waals surface area (Å²) in [6.45, 7) is 3.38. The number of aliphatic hydroxyl groups excluding tert-OH is 1. The third-order valence-corrected chi connectivity index (χ3v) is 6.40. The van der Waals surface area contributed by atoms with E-state index in [9.17, 15) is 15.2 Å². The third-order valence-electron chi connectivity index (χ3n) is 5.20. The molecular formula is C18H25N3O2S. The molecule has 0 radical (unpaired) electrons. The number of hydrogen-bond acceptors (Lipinski definition) is 5. The summed E-state index contributed by atoms with van der Waals surface area (Å²) in [6.07, 6.45) is 6.66. The highest BCUT2D eigenvalue weighted by atomic mass is 32.1. The van der Waals surface area contributed by atoms with Gasteiger partial charge in [0.05, 0.1) is 17.7 Å². The first-order valence-electron chi connectivity index (χ1n) is 8.87. The van der Waals surface area contributed by atoms with E-state index in [1.165, 1.54) is 11.3 Å². The molecule has 0 spiro atoms. The van der Waals surface area contributed by atoms with Gasteiger partial charge >= 0.3 is 0 Å². The number of nitrogens with zero attached hydrogens (tertiary/aromatic N) is 2. The summed E-state index contributed by atoms with van der Waals surface area (Å²) in [5.41, 5.74) is 1.83. The Morgan fingerprint density at radius 1 is 1.33 bits per heavy atom. The first kappa shape index (κ1) is 17.4. The zero-order valence-electron chi connectivity index (χ0n) is 14.2. The van der Waals surface area contributed by atoms with E-state index in [0.717, 1.165) is 49.3 Å². The quantitative estimate of drug-likeness (QED) is 0.824. The van der Waals surface area contributed by atoms with Crippen LogP contribution in [0.1, 0.15) is 55.0 Å². The fourth-order valence-corrected chi connectivity index (χ4v) is 4.85. The first-order valence-corrected chi connectivity index (χ1v) is 9.69. The van der Waals surface area contributed by atoms with Crippen molar-refractivity contribution in [2.24, 2.45) is 0 Å². The number of fused-ring (bicyclic) bond motifs is 1. The fourth-order valence-electron chi connectivity index (χ4n) is 3.60. The number of aryl methyl sites for hydroxylation is 1. The van der Waals surface area contributed by atoms with Crippen LogP contribution in [0.3, 0.4) is 0 Å². The lowest BCUT2D eigenvalue weighted by Crippen LogP contribution is -2.47. The van der Waals surface area contributed by atoms with Crippen molar-refractivity contribution in [3.8, 4) is 6.07 Å². The second-order valence-corrected chi connectivity index (χ2v) is 7.92. The molecule has 1 fully saturated rings. The molecule has 2 N–H and O–H groups in total. The summed E-state index contributed by atoms with van der Waals surface area (Å²) in [7, 11) is 0. The second-order valence-electron chi connectivity index (χ2n) is 6.81. The van der Waals surface area contributed by atoms with Crippen molar-refractivity contribution >= 4 is 22.2 Å². The monoisotopic (exact) mass is 347 g/mol. The van der Waals surface area contributed by atoms with Crippen molar-refractivity contribution < 1.29 is 9.90 Å². The van der Waals surface area contributed by atoms with Crippen LogP contribution in [0, 0.1) is 11.3 Å². The van der Waals surface area contributed by atoms with Gasteiger partial charge in [-0.05, 0) is 51.0 Å². The van der Waals surface area contributed by atoms with Crippen LogP contribution in [0.5, 0.6) is 0 Å². The van der Waals surface area contributed by atoms with Gasteiger partial charge in [0.1, 0.15) is 11.1 Å². The van der Waals surface area contributed by atoms with Crippen LogP contribution < -0.4 is 5.32 Å². The Morgan fingerprint density at radius 2 is 2.04 bits per heavy atom. The summed E-state index contributed by atoms with van der Waals surface area (Å²) in [5.74, 6) is -0.0562. The van der Waals surface area contributed by atoms with E-state index < -0.39 is 0 Å². The number of nitriles is 1. The molecule has 3 rings (SSSR count). The van der Waals surface area contributed by atoms with Crippen molar-refractivity contribution in [1.82, 2.24) is 4.90 Å². The molecule has 6 heteroatoms. The predicted octanol–water partition coefficient (Wildman–Crippen LogP) is 2.67. The molecule has 1 aliphatic heterocycles. The number of carbonyl (C=O) groups is 1. The van der Waals surface area contributed by atoms with Gasteiger partial charge in [-0.15, -0.1) is 11.3 Å². The topological polar surface area (TPSA) is 76.4 Å². The van der Waals surface area contributed by atoms with Gasteiger partial charge < -0.3 is 10.4 Å². The molecule has 0 unspecified atom stereocenters. The van der Waals surface area contributed by atoms with Gasteiger partial charge in [0.15, 0.2) is 0 Å². The highest BCUT2D eigenvalue weighted by Crippen LogP contribution is 2.37. The van der Waals surface area contributed by atoms with E-state index in [0.29, 0.717) is 18.4 Å². The molecule has 0 aromatic carbocycles. The maximum absolute atomic E-state index is 12.6. The number of nitrogens with one attached hydrogen (secondary N) is 1. The van der Waals surface area contributed by atoms with Crippen LogP contribution in [0.2, 0.25) is 0 Å². The SMILES string of the molecule is C[C@@H](C(=O)Nc1sc2c(c1C#N)CCCCC2)N1CCC(O)CC1. The van der Waals surface area contributed by atoms with Gasteiger partial charge in [-0.25, -0.2) is 0 Å². The number of thiophene rings is 1. The highest BCUT2D eigenvalue weighted by molar-refractivity contribution is 7.16. The first-order chi connectivity index (χ1) is 11.6. The van der Waals surface area contributed by atoms with Gasteiger partial charge in [-0.3, -0.25) is 9.69 Å². The molecule has 0 saturated carbocycles. The predicted molar refractivity (Wildman–Crippen MR) is 95.2 cm³/mol. The molecule has 5 nitrogen and oxygen atoms in total. The lowest BCUT2D eigenvalue weighted by Gasteiger charge is -2.33. The van der Waals surface area contributed by atoms with Crippen LogP contribution in [-0.4, -0.2) is 41.1 Å². The maximum atomic E-state index is 12.6. The third kappa shape index (κ3) is 3.64. The maximum Gasteiger partial charge on any atom is 0.242 e. The average Bonchev–Trinajstić information content (AvgIpc) is 2.75. The van der Waals surface area contributed by atoms with E-state index in [1.54, 1.807) is 11.3 Å². The molecule has 1 saturated heterocycles. The van der Waals surface area contributed by atoms with Crippen LogP contribution in [0.25, 0.3) is 0 Å². The number of hydrogen-bond donors (Lipinski definition) is 2.